The van der Waals surface area contributed by atoms with Crippen molar-refractivity contribution in [1.29, 1.82) is 0 Å². The molecule has 0 bridgehead atoms. The maximum absolute atomic E-state index is 11.9. The molecule has 1 heterocycles. The van der Waals surface area contributed by atoms with Crippen LogP contribution < -0.4 is 11.1 Å². The van der Waals surface area contributed by atoms with Gasteiger partial charge in [-0.05, 0) is 17.0 Å². The largest absolute Gasteiger partial charge is 0.351 e. The van der Waals surface area contributed by atoms with E-state index in [1.165, 1.54) is 6.33 Å². The SMILES string of the molecule is CC(C)[C@H](N)C(=O)NCc1ccccc1Cn1cncn1.Cl.Cl. The first kappa shape index (κ1) is 21.4. The summed E-state index contributed by atoms with van der Waals surface area (Å²) in [6, 6.07) is 7.46. The number of carbonyl (C=O) groups is 1. The Hall–Kier alpha value is -1.63. The fourth-order valence-corrected chi connectivity index (χ4v) is 1.98. The molecule has 0 radical (unpaired) electrons. The molecule has 2 aromatic rings. The minimum atomic E-state index is -0.479. The Labute approximate surface area is 148 Å². The number of nitrogens with two attached hydrogens (primary N) is 1. The molecule has 3 N–H and O–H groups in total. The van der Waals surface area contributed by atoms with E-state index in [4.69, 9.17) is 5.73 Å². The lowest BCUT2D eigenvalue weighted by molar-refractivity contribution is -0.123. The second kappa shape index (κ2) is 10.2. The van der Waals surface area contributed by atoms with Gasteiger partial charge in [0.05, 0.1) is 12.6 Å². The molecule has 1 aromatic carbocycles. The zero-order valence-electron chi connectivity index (χ0n) is 13.2. The predicted molar refractivity (Wildman–Crippen MR) is 94.7 cm³/mol. The molecular formula is C15H23Cl2N5O. The molecule has 0 saturated heterocycles. The van der Waals surface area contributed by atoms with Gasteiger partial charge >= 0.3 is 0 Å². The number of amides is 1. The van der Waals surface area contributed by atoms with Crippen LogP contribution in [0.4, 0.5) is 0 Å². The van der Waals surface area contributed by atoms with Crippen molar-refractivity contribution in [2.45, 2.75) is 33.0 Å². The zero-order chi connectivity index (χ0) is 15.2. The molecule has 0 spiro atoms. The summed E-state index contributed by atoms with van der Waals surface area (Å²) >= 11 is 0. The molecule has 23 heavy (non-hydrogen) atoms. The van der Waals surface area contributed by atoms with Gasteiger partial charge in [0.1, 0.15) is 12.7 Å². The minimum absolute atomic E-state index is 0. The highest BCUT2D eigenvalue weighted by atomic mass is 35.5. The third-order valence-electron chi connectivity index (χ3n) is 3.39. The van der Waals surface area contributed by atoms with Crippen molar-refractivity contribution in [2.75, 3.05) is 0 Å². The van der Waals surface area contributed by atoms with Crippen LogP contribution in [-0.2, 0) is 17.9 Å². The number of hydrogen-bond donors (Lipinski definition) is 2. The highest BCUT2D eigenvalue weighted by Crippen LogP contribution is 2.10. The Kier molecular flexibility index (Phi) is 9.48. The Morgan fingerprint density at radius 3 is 2.48 bits per heavy atom. The fourth-order valence-electron chi connectivity index (χ4n) is 1.98. The average molecular weight is 360 g/mol. The maximum Gasteiger partial charge on any atom is 0.237 e. The highest BCUT2D eigenvalue weighted by molar-refractivity contribution is 5.85. The molecule has 1 amide bonds. The van der Waals surface area contributed by atoms with E-state index in [1.54, 1.807) is 11.0 Å². The molecule has 1 atom stereocenters. The monoisotopic (exact) mass is 359 g/mol. The van der Waals surface area contributed by atoms with E-state index in [-0.39, 0.29) is 36.6 Å². The molecule has 0 unspecified atom stereocenters. The summed E-state index contributed by atoms with van der Waals surface area (Å²) in [7, 11) is 0. The topological polar surface area (TPSA) is 85.8 Å². The molecule has 1 aromatic heterocycles. The number of halogens is 2. The molecule has 8 heteroatoms. The summed E-state index contributed by atoms with van der Waals surface area (Å²) in [5.41, 5.74) is 7.99. The lowest BCUT2D eigenvalue weighted by atomic mass is 10.0. The Morgan fingerprint density at radius 1 is 1.26 bits per heavy atom. The van der Waals surface area contributed by atoms with Crippen molar-refractivity contribution in [1.82, 2.24) is 20.1 Å². The van der Waals surface area contributed by atoms with E-state index in [9.17, 15) is 4.79 Å². The molecule has 0 aliphatic heterocycles. The van der Waals surface area contributed by atoms with Crippen LogP contribution in [0.3, 0.4) is 0 Å². The molecule has 0 aliphatic carbocycles. The number of nitrogens with one attached hydrogen (secondary N) is 1. The van der Waals surface area contributed by atoms with Gasteiger partial charge in [-0.15, -0.1) is 24.8 Å². The van der Waals surface area contributed by atoms with Crippen molar-refractivity contribution in [3.63, 3.8) is 0 Å². The lowest BCUT2D eigenvalue weighted by Gasteiger charge is -2.16. The first-order chi connectivity index (χ1) is 10.1. The van der Waals surface area contributed by atoms with E-state index >= 15 is 0 Å². The molecule has 0 fully saturated rings. The predicted octanol–water partition coefficient (Wildman–Crippen LogP) is 1.77. The summed E-state index contributed by atoms with van der Waals surface area (Å²) in [6.45, 7) is 4.96. The van der Waals surface area contributed by atoms with Crippen LogP contribution >= 0.6 is 24.8 Å². The smallest absolute Gasteiger partial charge is 0.237 e. The van der Waals surface area contributed by atoms with E-state index in [1.807, 2.05) is 38.1 Å². The van der Waals surface area contributed by atoms with Crippen LogP contribution in [0.1, 0.15) is 25.0 Å². The van der Waals surface area contributed by atoms with Crippen molar-refractivity contribution >= 4 is 30.7 Å². The van der Waals surface area contributed by atoms with Crippen LogP contribution in [0.2, 0.25) is 0 Å². The van der Waals surface area contributed by atoms with Crippen molar-refractivity contribution < 1.29 is 4.79 Å². The van der Waals surface area contributed by atoms with Gasteiger partial charge in [0.2, 0.25) is 5.91 Å². The van der Waals surface area contributed by atoms with E-state index in [0.717, 1.165) is 11.1 Å². The first-order valence-electron chi connectivity index (χ1n) is 7.00. The van der Waals surface area contributed by atoms with Gasteiger partial charge in [0, 0.05) is 6.54 Å². The number of aromatic nitrogens is 3. The molecule has 128 valence electrons. The highest BCUT2D eigenvalue weighted by Gasteiger charge is 2.16. The van der Waals surface area contributed by atoms with E-state index in [2.05, 4.69) is 15.4 Å². The van der Waals surface area contributed by atoms with E-state index < -0.39 is 6.04 Å². The molecule has 2 rings (SSSR count). The van der Waals surface area contributed by atoms with Gasteiger partial charge in [-0.1, -0.05) is 38.1 Å². The standard InChI is InChI=1S/C15H21N5O.2ClH/c1-11(2)14(16)15(21)18-7-12-5-3-4-6-13(12)8-20-10-17-9-19-20;;/h3-6,9-11,14H,7-8,16H2,1-2H3,(H,18,21);2*1H/t14-;;/m0../s1. The number of nitrogens with zero attached hydrogens (tertiary/aromatic N) is 3. The van der Waals surface area contributed by atoms with Gasteiger partial charge < -0.3 is 11.1 Å². The summed E-state index contributed by atoms with van der Waals surface area (Å²) < 4.78 is 1.75. The van der Waals surface area contributed by atoms with Gasteiger partial charge in [-0.3, -0.25) is 4.79 Å². The van der Waals surface area contributed by atoms with Crippen LogP contribution in [0.25, 0.3) is 0 Å². The van der Waals surface area contributed by atoms with Crippen LogP contribution in [0.5, 0.6) is 0 Å². The number of rotatable bonds is 6. The number of carbonyl (C=O) groups excluding carboxylic acids is 1. The Bertz CT molecular complexity index is 589. The molecular weight excluding hydrogens is 337 g/mol. The van der Waals surface area contributed by atoms with Gasteiger partial charge in [-0.2, -0.15) is 5.10 Å². The molecule has 0 saturated carbocycles. The second-order valence-electron chi connectivity index (χ2n) is 5.35. The average Bonchev–Trinajstić information content (AvgIpc) is 2.98. The first-order valence-corrected chi connectivity index (χ1v) is 7.00. The lowest BCUT2D eigenvalue weighted by Crippen LogP contribution is -2.43. The maximum atomic E-state index is 11.9. The van der Waals surface area contributed by atoms with Crippen LogP contribution in [-0.4, -0.2) is 26.7 Å². The van der Waals surface area contributed by atoms with E-state index in [0.29, 0.717) is 13.1 Å². The number of benzene rings is 1. The second-order valence-corrected chi connectivity index (χ2v) is 5.35. The van der Waals surface area contributed by atoms with Gasteiger partial charge in [0.15, 0.2) is 0 Å². The third kappa shape index (κ3) is 6.17. The Balaban J connectivity index is 0.00000242. The van der Waals surface area contributed by atoms with Gasteiger partial charge in [0.25, 0.3) is 0 Å². The van der Waals surface area contributed by atoms with Crippen LogP contribution in [0, 0.1) is 5.92 Å². The van der Waals surface area contributed by atoms with Crippen molar-refractivity contribution in [3.05, 3.63) is 48.0 Å². The minimum Gasteiger partial charge on any atom is -0.351 e. The third-order valence-corrected chi connectivity index (χ3v) is 3.39. The zero-order valence-corrected chi connectivity index (χ0v) is 14.8. The quantitative estimate of drug-likeness (QED) is 0.822. The normalized spacial score (nSPS) is 11.3. The summed E-state index contributed by atoms with van der Waals surface area (Å²) in [4.78, 5) is 15.9. The van der Waals surface area contributed by atoms with Crippen molar-refractivity contribution in [2.24, 2.45) is 11.7 Å². The molecule has 6 nitrogen and oxygen atoms in total. The molecule has 0 aliphatic rings. The number of hydrogen-bond acceptors (Lipinski definition) is 4. The van der Waals surface area contributed by atoms with Gasteiger partial charge in [-0.25, -0.2) is 9.67 Å². The van der Waals surface area contributed by atoms with Crippen LogP contribution in [0.15, 0.2) is 36.9 Å². The van der Waals surface area contributed by atoms with Crippen molar-refractivity contribution in [3.8, 4) is 0 Å². The fraction of sp³-hybridized carbons (Fsp3) is 0.400. The summed E-state index contributed by atoms with van der Waals surface area (Å²) in [5, 5.41) is 6.99. The Morgan fingerprint density at radius 2 is 1.91 bits per heavy atom. The summed E-state index contributed by atoms with van der Waals surface area (Å²) in [6.07, 6.45) is 3.18. The summed E-state index contributed by atoms with van der Waals surface area (Å²) in [5.74, 6) is -0.00375.